The van der Waals surface area contributed by atoms with Crippen molar-refractivity contribution in [2.75, 3.05) is 6.54 Å². The normalized spacial score (nSPS) is 47.6. The summed E-state index contributed by atoms with van der Waals surface area (Å²) < 4.78 is 0. The fraction of sp³-hybridized carbons (Fsp3) is 0.562. The Morgan fingerprint density at radius 3 is 3.06 bits per heavy atom. The van der Waals surface area contributed by atoms with Crippen LogP contribution in [0.25, 0.3) is 0 Å². The summed E-state index contributed by atoms with van der Waals surface area (Å²) in [7, 11) is 0. The van der Waals surface area contributed by atoms with Crippen LogP contribution in [0.5, 0.6) is 0 Å². The van der Waals surface area contributed by atoms with Gasteiger partial charge in [-0.1, -0.05) is 30.4 Å². The van der Waals surface area contributed by atoms with E-state index < -0.39 is 0 Å². The molecule has 2 aliphatic heterocycles. The first-order valence-electron chi connectivity index (χ1n) is 7.03. The van der Waals surface area contributed by atoms with Gasteiger partial charge >= 0.3 is 0 Å². The van der Waals surface area contributed by atoms with Crippen molar-refractivity contribution in [3.05, 3.63) is 37.0 Å². The van der Waals surface area contributed by atoms with E-state index in [9.17, 15) is 4.79 Å². The van der Waals surface area contributed by atoms with Crippen LogP contribution in [-0.2, 0) is 4.79 Å². The smallest absolute Gasteiger partial charge is 0.227 e. The zero-order valence-electron chi connectivity index (χ0n) is 10.6. The van der Waals surface area contributed by atoms with Crippen molar-refractivity contribution in [2.45, 2.75) is 24.8 Å². The lowest BCUT2D eigenvalue weighted by molar-refractivity contribution is -0.134. The molecule has 94 valence electrons. The Labute approximate surface area is 108 Å². The van der Waals surface area contributed by atoms with Crippen LogP contribution in [0.3, 0.4) is 0 Å². The van der Waals surface area contributed by atoms with Crippen molar-refractivity contribution in [1.82, 2.24) is 4.90 Å². The molecule has 4 aliphatic rings. The van der Waals surface area contributed by atoms with Gasteiger partial charge in [-0.25, -0.2) is 0 Å². The van der Waals surface area contributed by atoms with Crippen LogP contribution in [0.1, 0.15) is 19.3 Å². The maximum Gasteiger partial charge on any atom is 0.227 e. The van der Waals surface area contributed by atoms with Gasteiger partial charge in [-0.3, -0.25) is 4.79 Å². The average Bonchev–Trinajstić information content (AvgIpc) is 3.03. The second-order valence-corrected chi connectivity index (χ2v) is 6.22. The van der Waals surface area contributed by atoms with Crippen molar-refractivity contribution >= 4 is 5.91 Å². The average molecular weight is 241 g/mol. The molecule has 18 heavy (non-hydrogen) atoms. The molecule has 0 aromatic rings. The molecular weight excluding hydrogens is 222 g/mol. The molecule has 2 heteroatoms. The topological polar surface area (TPSA) is 20.3 Å². The number of hydrogen-bond acceptors (Lipinski definition) is 1. The van der Waals surface area contributed by atoms with Crippen LogP contribution in [0.2, 0.25) is 0 Å². The number of nitrogens with zero attached hydrogens (tertiary/aromatic N) is 1. The maximum absolute atomic E-state index is 12.7. The van der Waals surface area contributed by atoms with E-state index in [-0.39, 0.29) is 11.5 Å². The Morgan fingerprint density at radius 2 is 2.22 bits per heavy atom. The molecule has 2 fully saturated rings. The predicted octanol–water partition coefficient (Wildman–Crippen LogP) is 2.54. The highest BCUT2D eigenvalue weighted by molar-refractivity contribution is 5.85. The zero-order chi connectivity index (χ0) is 12.3. The monoisotopic (exact) mass is 241 g/mol. The minimum atomic E-state index is 0.0441. The van der Waals surface area contributed by atoms with Crippen molar-refractivity contribution in [1.29, 1.82) is 0 Å². The minimum Gasteiger partial charge on any atom is -0.332 e. The van der Waals surface area contributed by atoms with Crippen LogP contribution in [0.15, 0.2) is 37.0 Å². The van der Waals surface area contributed by atoms with E-state index in [1.165, 1.54) is 6.42 Å². The second kappa shape index (κ2) is 3.37. The van der Waals surface area contributed by atoms with E-state index in [1.807, 2.05) is 6.08 Å². The van der Waals surface area contributed by atoms with Crippen LogP contribution >= 0.6 is 0 Å². The van der Waals surface area contributed by atoms with Gasteiger partial charge in [0, 0.05) is 12.5 Å². The molecule has 0 aromatic heterocycles. The highest BCUT2D eigenvalue weighted by Gasteiger charge is 2.65. The molecule has 1 amide bonds. The highest BCUT2D eigenvalue weighted by Crippen LogP contribution is 2.61. The van der Waals surface area contributed by atoms with Crippen molar-refractivity contribution in [3.8, 4) is 0 Å². The zero-order valence-corrected chi connectivity index (χ0v) is 10.6. The molecule has 1 saturated carbocycles. The van der Waals surface area contributed by atoms with Gasteiger partial charge in [-0.2, -0.15) is 0 Å². The number of hydrogen-bond donors (Lipinski definition) is 0. The summed E-state index contributed by atoms with van der Waals surface area (Å²) in [6.07, 6.45) is 14.3. The number of allylic oxidation sites excluding steroid dienone is 2. The summed E-state index contributed by atoms with van der Waals surface area (Å²) in [6.45, 7) is 4.74. The van der Waals surface area contributed by atoms with Gasteiger partial charge in [0.1, 0.15) is 0 Å². The van der Waals surface area contributed by atoms with E-state index in [2.05, 4.69) is 35.8 Å². The standard InChI is InChI=1S/C16H19NO/c1-2-7-16-8-3-4-9-17(16)15(18)13-11-5-6-12(10-11)14(13)16/h2-6,11-14H,1,7-10H2/t11-,12+,13+,14-,16-/m1/s1. The summed E-state index contributed by atoms with van der Waals surface area (Å²) in [6, 6.07) is 0. The largest absolute Gasteiger partial charge is 0.332 e. The van der Waals surface area contributed by atoms with Crippen LogP contribution in [0, 0.1) is 23.7 Å². The van der Waals surface area contributed by atoms with Crippen LogP contribution in [-0.4, -0.2) is 22.9 Å². The number of fused-ring (bicyclic) bond motifs is 7. The molecule has 2 aliphatic carbocycles. The van der Waals surface area contributed by atoms with Gasteiger partial charge in [0.15, 0.2) is 0 Å². The third-order valence-electron chi connectivity index (χ3n) is 5.59. The Kier molecular flexibility index (Phi) is 1.98. The first-order valence-corrected chi connectivity index (χ1v) is 7.03. The van der Waals surface area contributed by atoms with E-state index >= 15 is 0 Å². The van der Waals surface area contributed by atoms with E-state index in [4.69, 9.17) is 0 Å². The van der Waals surface area contributed by atoms with Crippen molar-refractivity contribution in [2.24, 2.45) is 23.7 Å². The first kappa shape index (κ1) is 10.6. The van der Waals surface area contributed by atoms with Crippen LogP contribution < -0.4 is 0 Å². The fourth-order valence-corrected chi connectivity index (χ4v) is 5.04. The van der Waals surface area contributed by atoms with Crippen molar-refractivity contribution in [3.63, 3.8) is 0 Å². The van der Waals surface area contributed by atoms with Gasteiger partial charge in [-0.05, 0) is 31.1 Å². The fourth-order valence-electron chi connectivity index (χ4n) is 5.04. The molecule has 0 aromatic carbocycles. The van der Waals surface area contributed by atoms with E-state index in [1.54, 1.807) is 0 Å². The van der Waals surface area contributed by atoms with Gasteiger partial charge in [-0.15, -0.1) is 6.58 Å². The van der Waals surface area contributed by atoms with Gasteiger partial charge < -0.3 is 4.90 Å². The molecule has 1 saturated heterocycles. The molecule has 0 N–H and O–H groups in total. The number of rotatable bonds is 2. The number of carbonyl (C=O) groups excluding carboxylic acids is 1. The lowest BCUT2D eigenvalue weighted by Gasteiger charge is -2.44. The summed E-state index contributed by atoms with van der Waals surface area (Å²) in [5.41, 5.74) is 0.0441. The number of carbonyl (C=O) groups is 1. The van der Waals surface area contributed by atoms with E-state index in [0.717, 1.165) is 19.4 Å². The molecule has 4 rings (SSSR count). The van der Waals surface area contributed by atoms with E-state index in [0.29, 0.717) is 23.7 Å². The molecule has 2 bridgehead atoms. The summed E-state index contributed by atoms with van der Waals surface area (Å²) in [4.78, 5) is 14.9. The Bertz CT molecular complexity index is 477. The Morgan fingerprint density at radius 1 is 1.39 bits per heavy atom. The first-order chi connectivity index (χ1) is 8.78. The number of amides is 1. The molecule has 2 heterocycles. The highest BCUT2D eigenvalue weighted by atomic mass is 16.2. The van der Waals surface area contributed by atoms with Gasteiger partial charge in [0.25, 0.3) is 0 Å². The molecule has 0 spiro atoms. The maximum atomic E-state index is 12.7. The molecule has 2 nitrogen and oxygen atoms in total. The lowest BCUT2D eigenvalue weighted by atomic mass is 9.70. The lowest BCUT2D eigenvalue weighted by Crippen LogP contribution is -2.51. The molecule has 5 atom stereocenters. The third kappa shape index (κ3) is 1.03. The third-order valence-corrected chi connectivity index (χ3v) is 5.59. The quantitative estimate of drug-likeness (QED) is 0.680. The van der Waals surface area contributed by atoms with Gasteiger partial charge in [0.2, 0.25) is 5.91 Å². The molecular formula is C16H19NO. The van der Waals surface area contributed by atoms with Crippen LogP contribution in [0.4, 0.5) is 0 Å². The Balaban J connectivity index is 1.84. The second-order valence-electron chi connectivity index (χ2n) is 6.22. The van der Waals surface area contributed by atoms with Gasteiger partial charge in [0.05, 0.1) is 11.5 Å². The summed E-state index contributed by atoms with van der Waals surface area (Å²) >= 11 is 0. The predicted molar refractivity (Wildman–Crippen MR) is 70.7 cm³/mol. The summed E-state index contributed by atoms with van der Waals surface area (Å²) in [5, 5.41) is 0. The molecule has 0 radical (unpaired) electrons. The van der Waals surface area contributed by atoms with Crippen molar-refractivity contribution < 1.29 is 4.79 Å². The molecule has 0 unspecified atom stereocenters. The Hall–Kier alpha value is -1.31. The summed E-state index contributed by atoms with van der Waals surface area (Å²) in [5.74, 6) is 2.34. The minimum absolute atomic E-state index is 0.0441. The SMILES string of the molecule is C=CC[C@]12CC=CCN1C(=O)[C@@H]1[C@H]2[C@H]2C=C[C@@H]1C2.